The first kappa shape index (κ1) is 12.8. The van der Waals surface area contributed by atoms with E-state index in [0.29, 0.717) is 0 Å². The smallest absolute Gasteiger partial charge is 0.322 e. The molecular weight excluding hydrogens is 218 g/mol. The van der Waals surface area contributed by atoms with Crippen LogP contribution in [0.5, 0.6) is 0 Å². The molecule has 2 fully saturated rings. The standard InChI is InChI=1S/C12H23N3O2/c13-9-11(12(16)17)15-7-5-14(6-8-15)10-3-1-2-4-10/h10-11H,1-9,13H2,(H,16,17). The highest BCUT2D eigenvalue weighted by Crippen LogP contribution is 2.24. The lowest BCUT2D eigenvalue weighted by molar-refractivity contribution is -0.143. The van der Waals surface area contributed by atoms with Crippen LogP contribution in [0.25, 0.3) is 0 Å². The predicted molar refractivity (Wildman–Crippen MR) is 65.9 cm³/mol. The number of aliphatic carboxylic acids is 1. The summed E-state index contributed by atoms with van der Waals surface area (Å²) in [7, 11) is 0. The molecule has 3 N–H and O–H groups in total. The molecule has 1 saturated heterocycles. The van der Waals surface area contributed by atoms with Crippen molar-refractivity contribution in [3.8, 4) is 0 Å². The van der Waals surface area contributed by atoms with E-state index in [1.54, 1.807) is 0 Å². The Kier molecular flexibility index (Phi) is 4.36. The number of piperazine rings is 1. The summed E-state index contributed by atoms with van der Waals surface area (Å²) in [4.78, 5) is 15.6. The predicted octanol–water partition coefficient (Wildman–Crippen LogP) is -0.0415. The van der Waals surface area contributed by atoms with Crippen LogP contribution in [-0.2, 0) is 4.79 Å². The van der Waals surface area contributed by atoms with Crippen molar-refractivity contribution in [3.05, 3.63) is 0 Å². The molecule has 0 aromatic heterocycles. The van der Waals surface area contributed by atoms with E-state index in [0.717, 1.165) is 32.2 Å². The van der Waals surface area contributed by atoms with E-state index in [4.69, 9.17) is 10.8 Å². The van der Waals surface area contributed by atoms with Gasteiger partial charge in [0.2, 0.25) is 0 Å². The van der Waals surface area contributed by atoms with Crippen LogP contribution in [0.3, 0.4) is 0 Å². The van der Waals surface area contributed by atoms with Gasteiger partial charge in [0.15, 0.2) is 0 Å². The average Bonchev–Trinajstić information content (AvgIpc) is 2.84. The summed E-state index contributed by atoms with van der Waals surface area (Å²) in [6.45, 7) is 3.87. The largest absolute Gasteiger partial charge is 0.480 e. The molecule has 2 aliphatic rings. The Morgan fingerprint density at radius 1 is 1.24 bits per heavy atom. The van der Waals surface area contributed by atoms with Crippen LogP contribution in [0.1, 0.15) is 25.7 Å². The molecule has 0 amide bonds. The quantitative estimate of drug-likeness (QED) is 0.722. The summed E-state index contributed by atoms with van der Waals surface area (Å²) in [5.74, 6) is -0.790. The molecular formula is C12H23N3O2. The Hall–Kier alpha value is -0.650. The summed E-state index contributed by atoms with van der Waals surface area (Å²) < 4.78 is 0. The number of rotatable bonds is 4. The van der Waals surface area contributed by atoms with Crippen LogP contribution in [0, 0.1) is 0 Å². The van der Waals surface area contributed by atoms with E-state index in [9.17, 15) is 4.79 Å². The number of nitrogens with two attached hydrogens (primary N) is 1. The average molecular weight is 241 g/mol. The molecule has 5 heteroatoms. The number of hydrogen-bond acceptors (Lipinski definition) is 4. The van der Waals surface area contributed by atoms with Crippen LogP contribution in [0.2, 0.25) is 0 Å². The van der Waals surface area contributed by atoms with Crippen LogP contribution in [-0.4, -0.2) is 65.7 Å². The summed E-state index contributed by atoms with van der Waals surface area (Å²) >= 11 is 0. The maximum atomic E-state index is 11.0. The minimum Gasteiger partial charge on any atom is -0.480 e. The zero-order chi connectivity index (χ0) is 12.3. The minimum absolute atomic E-state index is 0.207. The van der Waals surface area contributed by atoms with Crippen LogP contribution >= 0.6 is 0 Å². The molecule has 0 aromatic carbocycles. The van der Waals surface area contributed by atoms with Crippen molar-refractivity contribution in [1.82, 2.24) is 9.80 Å². The lowest BCUT2D eigenvalue weighted by Gasteiger charge is -2.40. The van der Waals surface area contributed by atoms with Crippen molar-refractivity contribution in [2.75, 3.05) is 32.7 Å². The second-order valence-corrected chi connectivity index (χ2v) is 5.10. The van der Waals surface area contributed by atoms with Gasteiger partial charge in [-0.1, -0.05) is 12.8 Å². The molecule has 0 bridgehead atoms. The van der Waals surface area contributed by atoms with Gasteiger partial charge in [-0.25, -0.2) is 0 Å². The van der Waals surface area contributed by atoms with Gasteiger partial charge >= 0.3 is 5.97 Å². The molecule has 0 radical (unpaired) electrons. The SMILES string of the molecule is NCC(C(=O)O)N1CCN(C2CCCC2)CC1. The van der Waals surface area contributed by atoms with Gasteiger partial charge in [0, 0.05) is 38.8 Å². The van der Waals surface area contributed by atoms with Crippen molar-refractivity contribution in [1.29, 1.82) is 0 Å². The maximum Gasteiger partial charge on any atom is 0.322 e. The monoisotopic (exact) mass is 241 g/mol. The molecule has 1 unspecified atom stereocenters. The van der Waals surface area contributed by atoms with E-state index >= 15 is 0 Å². The molecule has 98 valence electrons. The molecule has 1 aliphatic heterocycles. The first-order valence-corrected chi connectivity index (χ1v) is 6.63. The van der Waals surface area contributed by atoms with Gasteiger partial charge in [0.25, 0.3) is 0 Å². The Labute approximate surface area is 103 Å². The normalized spacial score (nSPS) is 26.2. The number of carbonyl (C=O) groups is 1. The molecule has 2 rings (SSSR count). The first-order valence-electron chi connectivity index (χ1n) is 6.63. The molecule has 0 spiro atoms. The van der Waals surface area contributed by atoms with Crippen molar-refractivity contribution in [2.45, 2.75) is 37.8 Å². The maximum absolute atomic E-state index is 11.0. The third-order valence-corrected chi connectivity index (χ3v) is 4.14. The highest BCUT2D eigenvalue weighted by atomic mass is 16.4. The fourth-order valence-corrected chi connectivity index (χ4v) is 3.09. The van der Waals surface area contributed by atoms with Crippen LogP contribution < -0.4 is 5.73 Å². The van der Waals surface area contributed by atoms with Crippen LogP contribution in [0.15, 0.2) is 0 Å². The Morgan fingerprint density at radius 3 is 2.29 bits per heavy atom. The molecule has 17 heavy (non-hydrogen) atoms. The first-order chi connectivity index (χ1) is 8.22. The second kappa shape index (κ2) is 5.80. The summed E-state index contributed by atoms with van der Waals surface area (Å²) in [6, 6.07) is 0.249. The lowest BCUT2D eigenvalue weighted by atomic mass is 10.1. The zero-order valence-electron chi connectivity index (χ0n) is 10.3. The Bertz CT molecular complexity index is 258. The van der Waals surface area contributed by atoms with Crippen molar-refractivity contribution >= 4 is 5.97 Å². The third-order valence-electron chi connectivity index (χ3n) is 4.14. The number of carboxylic acids is 1. The van der Waals surface area contributed by atoms with Crippen molar-refractivity contribution in [3.63, 3.8) is 0 Å². The summed E-state index contributed by atoms with van der Waals surface area (Å²) in [6.07, 6.45) is 5.34. The number of carboxylic acid groups (broad SMARTS) is 1. The van der Waals surface area contributed by atoms with Crippen molar-refractivity contribution < 1.29 is 9.90 Å². The topological polar surface area (TPSA) is 69.8 Å². The summed E-state index contributed by atoms with van der Waals surface area (Å²) in [5.41, 5.74) is 5.53. The Balaban J connectivity index is 1.82. The fourth-order valence-electron chi connectivity index (χ4n) is 3.09. The molecule has 1 atom stereocenters. The Morgan fingerprint density at radius 2 is 1.82 bits per heavy atom. The molecule has 1 aliphatic carbocycles. The van der Waals surface area contributed by atoms with Crippen molar-refractivity contribution in [2.24, 2.45) is 5.73 Å². The van der Waals surface area contributed by atoms with Gasteiger partial charge in [-0.05, 0) is 12.8 Å². The lowest BCUT2D eigenvalue weighted by Crippen LogP contribution is -2.56. The van der Waals surface area contributed by atoms with E-state index < -0.39 is 12.0 Å². The van der Waals surface area contributed by atoms with Gasteiger partial charge in [-0.2, -0.15) is 0 Å². The van der Waals surface area contributed by atoms with Crippen LogP contribution in [0.4, 0.5) is 0 Å². The van der Waals surface area contributed by atoms with E-state index in [2.05, 4.69) is 4.90 Å². The van der Waals surface area contributed by atoms with Gasteiger partial charge in [0.1, 0.15) is 6.04 Å². The molecule has 1 saturated carbocycles. The molecule has 5 nitrogen and oxygen atoms in total. The van der Waals surface area contributed by atoms with E-state index in [1.807, 2.05) is 4.90 Å². The zero-order valence-corrected chi connectivity index (χ0v) is 10.3. The van der Waals surface area contributed by atoms with E-state index in [1.165, 1.54) is 25.7 Å². The highest BCUT2D eigenvalue weighted by molar-refractivity contribution is 5.73. The number of nitrogens with zero attached hydrogens (tertiary/aromatic N) is 2. The molecule has 1 heterocycles. The highest BCUT2D eigenvalue weighted by Gasteiger charge is 2.30. The second-order valence-electron chi connectivity index (χ2n) is 5.10. The minimum atomic E-state index is -0.790. The number of hydrogen-bond donors (Lipinski definition) is 2. The third kappa shape index (κ3) is 2.97. The van der Waals surface area contributed by atoms with Gasteiger partial charge in [-0.3, -0.25) is 14.6 Å². The molecule has 0 aromatic rings. The van der Waals surface area contributed by atoms with Gasteiger partial charge < -0.3 is 10.8 Å². The summed E-state index contributed by atoms with van der Waals surface area (Å²) in [5, 5.41) is 9.07. The van der Waals surface area contributed by atoms with E-state index in [-0.39, 0.29) is 6.54 Å². The van der Waals surface area contributed by atoms with Gasteiger partial charge in [-0.15, -0.1) is 0 Å². The van der Waals surface area contributed by atoms with Gasteiger partial charge in [0.05, 0.1) is 0 Å². The fraction of sp³-hybridized carbons (Fsp3) is 0.917.